The van der Waals surface area contributed by atoms with E-state index >= 15 is 0 Å². The van der Waals surface area contributed by atoms with Gasteiger partial charge in [0.1, 0.15) is 0 Å². The average Bonchev–Trinajstić information content (AvgIpc) is 2.95. The number of benzene rings is 2. The van der Waals surface area contributed by atoms with Crippen molar-refractivity contribution < 1.29 is 8.42 Å². The van der Waals surface area contributed by atoms with E-state index in [4.69, 9.17) is 11.6 Å². The monoisotopic (exact) mass is 347 g/mol. The first-order valence-electron chi connectivity index (χ1n) is 6.85. The third-order valence-corrected chi connectivity index (χ3v) is 5.00. The van der Waals surface area contributed by atoms with E-state index < -0.39 is 10.0 Å². The highest BCUT2D eigenvalue weighted by atomic mass is 35.5. The maximum atomic E-state index is 12.3. The van der Waals surface area contributed by atoms with Crippen molar-refractivity contribution in [1.29, 1.82) is 0 Å². The number of aromatic amines is 1. The van der Waals surface area contributed by atoms with Crippen LogP contribution in [-0.4, -0.2) is 18.6 Å². The summed E-state index contributed by atoms with van der Waals surface area (Å²) in [4.78, 5) is 0.127. The highest BCUT2D eigenvalue weighted by Gasteiger charge is 2.16. The zero-order chi connectivity index (χ0) is 16.4. The first-order valence-corrected chi connectivity index (χ1v) is 8.71. The number of sulfonamides is 1. The molecule has 5 nitrogen and oxygen atoms in total. The molecule has 0 aliphatic heterocycles. The summed E-state index contributed by atoms with van der Waals surface area (Å²) >= 11 is 5.78. The quantitative estimate of drug-likeness (QED) is 0.753. The Kier molecular flexibility index (Phi) is 4.11. The lowest BCUT2D eigenvalue weighted by Gasteiger charge is -2.05. The van der Waals surface area contributed by atoms with Gasteiger partial charge in [-0.1, -0.05) is 35.9 Å². The molecule has 0 aliphatic rings. The second-order valence-electron chi connectivity index (χ2n) is 5.04. The predicted octanol–water partition coefficient (Wildman–Crippen LogP) is 3.84. The molecule has 0 radical (unpaired) electrons. The summed E-state index contributed by atoms with van der Waals surface area (Å²) in [5.74, 6) is 0.234. The number of aromatic nitrogens is 2. The van der Waals surface area contributed by atoms with Crippen LogP contribution in [0.3, 0.4) is 0 Å². The van der Waals surface area contributed by atoms with Crippen LogP contribution < -0.4 is 4.72 Å². The van der Waals surface area contributed by atoms with Crippen LogP contribution in [-0.2, 0) is 10.0 Å². The number of H-pyrrole nitrogens is 1. The molecule has 3 rings (SSSR count). The fraction of sp³-hybridized carbons (Fsp3) is 0.0625. The fourth-order valence-electron chi connectivity index (χ4n) is 2.20. The summed E-state index contributed by atoms with van der Waals surface area (Å²) < 4.78 is 27.1. The van der Waals surface area contributed by atoms with Gasteiger partial charge >= 0.3 is 0 Å². The molecule has 23 heavy (non-hydrogen) atoms. The predicted molar refractivity (Wildman–Crippen MR) is 91.0 cm³/mol. The van der Waals surface area contributed by atoms with E-state index in [2.05, 4.69) is 14.9 Å². The van der Waals surface area contributed by atoms with Crippen molar-refractivity contribution in [2.45, 2.75) is 11.8 Å². The Balaban J connectivity index is 1.87. The minimum absolute atomic E-state index is 0.127. The average molecular weight is 348 g/mol. The van der Waals surface area contributed by atoms with Gasteiger partial charge in [0.15, 0.2) is 5.82 Å². The molecular weight excluding hydrogens is 334 g/mol. The van der Waals surface area contributed by atoms with Crippen molar-refractivity contribution in [1.82, 2.24) is 10.2 Å². The fourth-order valence-corrected chi connectivity index (χ4v) is 3.32. The molecule has 0 unspecified atom stereocenters. The lowest BCUT2D eigenvalue weighted by molar-refractivity contribution is 0.601. The molecule has 1 heterocycles. The van der Waals surface area contributed by atoms with Gasteiger partial charge in [0.05, 0.1) is 10.6 Å². The largest absolute Gasteiger partial charge is 0.276 e. The Labute approximate surface area is 139 Å². The molecule has 2 aromatic carbocycles. The lowest BCUT2D eigenvalue weighted by atomic mass is 10.1. The molecule has 118 valence electrons. The molecule has 0 saturated carbocycles. The second-order valence-corrected chi connectivity index (χ2v) is 7.16. The minimum atomic E-state index is -3.70. The normalized spacial score (nSPS) is 11.4. The van der Waals surface area contributed by atoms with Gasteiger partial charge in [-0.05, 0) is 36.8 Å². The van der Waals surface area contributed by atoms with Crippen molar-refractivity contribution in [3.8, 4) is 11.3 Å². The van der Waals surface area contributed by atoms with Crippen LogP contribution in [0.5, 0.6) is 0 Å². The Bertz CT molecular complexity index is 934. The number of hydrogen-bond donors (Lipinski definition) is 2. The van der Waals surface area contributed by atoms with Gasteiger partial charge in [0.25, 0.3) is 10.0 Å². The van der Waals surface area contributed by atoms with E-state index in [9.17, 15) is 8.42 Å². The SMILES string of the molecule is Cc1ccccc1-c1cc(NS(=O)(=O)c2ccc(Cl)cc2)n[nH]1. The Morgan fingerprint density at radius 3 is 2.48 bits per heavy atom. The first kappa shape index (κ1) is 15.6. The number of halogens is 1. The highest BCUT2D eigenvalue weighted by Crippen LogP contribution is 2.24. The van der Waals surface area contributed by atoms with E-state index in [1.807, 2.05) is 31.2 Å². The standard InChI is InChI=1S/C16H14ClN3O2S/c1-11-4-2-3-5-14(11)15-10-16(19-18-15)20-23(21,22)13-8-6-12(17)7-9-13/h2-10H,1H3,(H2,18,19,20). The van der Waals surface area contributed by atoms with E-state index in [0.717, 1.165) is 16.8 Å². The van der Waals surface area contributed by atoms with Gasteiger partial charge < -0.3 is 0 Å². The van der Waals surface area contributed by atoms with Crippen LogP contribution in [0.2, 0.25) is 5.02 Å². The zero-order valence-electron chi connectivity index (χ0n) is 12.2. The van der Waals surface area contributed by atoms with Crippen molar-refractivity contribution >= 4 is 27.4 Å². The summed E-state index contributed by atoms with van der Waals surface area (Å²) in [5.41, 5.74) is 2.79. The molecular formula is C16H14ClN3O2S. The van der Waals surface area contributed by atoms with Gasteiger partial charge in [-0.15, -0.1) is 0 Å². The summed E-state index contributed by atoms with van der Waals surface area (Å²) in [6, 6.07) is 15.4. The van der Waals surface area contributed by atoms with Gasteiger partial charge in [-0.2, -0.15) is 5.10 Å². The van der Waals surface area contributed by atoms with E-state index in [0.29, 0.717) is 5.02 Å². The summed E-state index contributed by atoms with van der Waals surface area (Å²) in [6.45, 7) is 1.98. The van der Waals surface area contributed by atoms with Crippen molar-refractivity contribution in [2.24, 2.45) is 0 Å². The van der Waals surface area contributed by atoms with Crippen LogP contribution in [0.4, 0.5) is 5.82 Å². The van der Waals surface area contributed by atoms with Gasteiger partial charge in [-0.3, -0.25) is 9.82 Å². The molecule has 0 fully saturated rings. The van der Waals surface area contributed by atoms with Crippen LogP contribution in [0.1, 0.15) is 5.56 Å². The number of hydrogen-bond acceptors (Lipinski definition) is 3. The number of nitrogens with zero attached hydrogens (tertiary/aromatic N) is 1. The first-order chi connectivity index (χ1) is 11.0. The maximum absolute atomic E-state index is 12.3. The third-order valence-electron chi connectivity index (χ3n) is 3.38. The topological polar surface area (TPSA) is 74.8 Å². The van der Waals surface area contributed by atoms with Gasteiger partial charge in [0, 0.05) is 16.7 Å². The number of nitrogens with one attached hydrogen (secondary N) is 2. The van der Waals surface area contributed by atoms with Gasteiger partial charge in [0.2, 0.25) is 0 Å². The number of rotatable bonds is 4. The molecule has 1 aromatic heterocycles. The molecule has 2 N–H and O–H groups in total. The molecule has 0 bridgehead atoms. The van der Waals surface area contributed by atoms with Crippen molar-refractivity contribution in [2.75, 3.05) is 4.72 Å². The van der Waals surface area contributed by atoms with Crippen LogP contribution in [0, 0.1) is 6.92 Å². The molecule has 0 amide bonds. The summed E-state index contributed by atoms with van der Waals surface area (Å²) in [7, 11) is -3.70. The third kappa shape index (κ3) is 3.38. The number of aryl methyl sites for hydroxylation is 1. The summed E-state index contributed by atoms with van der Waals surface area (Å²) in [6.07, 6.45) is 0. The Hall–Kier alpha value is -2.31. The van der Waals surface area contributed by atoms with E-state index in [-0.39, 0.29) is 10.7 Å². The Morgan fingerprint density at radius 1 is 1.09 bits per heavy atom. The molecule has 0 spiro atoms. The van der Waals surface area contributed by atoms with Crippen molar-refractivity contribution in [3.63, 3.8) is 0 Å². The zero-order valence-corrected chi connectivity index (χ0v) is 13.8. The summed E-state index contributed by atoms with van der Waals surface area (Å²) in [5, 5.41) is 7.35. The molecule has 3 aromatic rings. The van der Waals surface area contributed by atoms with Crippen molar-refractivity contribution in [3.05, 3.63) is 65.2 Å². The molecule has 0 atom stereocenters. The van der Waals surface area contributed by atoms with Crippen LogP contribution in [0.25, 0.3) is 11.3 Å². The lowest BCUT2D eigenvalue weighted by Crippen LogP contribution is -2.13. The molecule has 7 heteroatoms. The van der Waals surface area contributed by atoms with Gasteiger partial charge in [-0.25, -0.2) is 8.42 Å². The Morgan fingerprint density at radius 2 is 1.78 bits per heavy atom. The van der Waals surface area contributed by atoms with E-state index in [1.54, 1.807) is 6.07 Å². The number of anilines is 1. The smallest absolute Gasteiger partial charge is 0.263 e. The van der Waals surface area contributed by atoms with Crippen LogP contribution >= 0.6 is 11.6 Å². The minimum Gasteiger partial charge on any atom is -0.276 e. The van der Waals surface area contributed by atoms with Crippen LogP contribution in [0.15, 0.2) is 59.5 Å². The highest BCUT2D eigenvalue weighted by molar-refractivity contribution is 7.92. The second kappa shape index (κ2) is 6.06. The molecule has 0 saturated heterocycles. The molecule has 0 aliphatic carbocycles. The van der Waals surface area contributed by atoms with E-state index in [1.165, 1.54) is 24.3 Å². The maximum Gasteiger partial charge on any atom is 0.263 e.